The van der Waals surface area contributed by atoms with Crippen molar-refractivity contribution in [3.8, 4) is 5.75 Å². The fraction of sp³-hybridized carbons (Fsp3) is 0.267. The molecule has 0 bridgehead atoms. The summed E-state index contributed by atoms with van der Waals surface area (Å²) in [6.45, 7) is 2.97. The lowest BCUT2D eigenvalue weighted by atomic mass is 10.0. The third-order valence-corrected chi connectivity index (χ3v) is 3.53. The van der Waals surface area contributed by atoms with E-state index >= 15 is 0 Å². The van der Waals surface area contributed by atoms with Crippen LogP contribution in [0.4, 0.5) is 0 Å². The Morgan fingerprint density at radius 3 is 2.63 bits per heavy atom. The van der Waals surface area contributed by atoms with Crippen LogP contribution < -0.4 is 5.32 Å². The molecule has 1 amide bonds. The second-order valence-corrected chi connectivity index (χ2v) is 4.72. The van der Waals surface area contributed by atoms with Gasteiger partial charge in [0.1, 0.15) is 5.75 Å². The van der Waals surface area contributed by atoms with Gasteiger partial charge in [-0.2, -0.15) is 0 Å². The van der Waals surface area contributed by atoms with Crippen LogP contribution in [-0.4, -0.2) is 42.1 Å². The highest BCUT2D eigenvalue weighted by molar-refractivity contribution is 6.09. The van der Waals surface area contributed by atoms with Crippen LogP contribution >= 0.6 is 0 Å². The first-order valence-corrected chi connectivity index (χ1v) is 6.48. The molecule has 0 atom stereocenters. The van der Waals surface area contributed by atoms with Crippen molar-refractivity contribution in [3.63, 3.8) is 0 Å². The van der Waals surface area contributed by atoms with Crippen LogP contribution in [0.3, 0.4) is 0 Å². The van der Waals surface area contributed by atoms with Gasteiger partial charge >= 0.3 is 0 Å². The molecule has 0 aliphatic carbocycles. The van der Waals surface area contributed by atoms with E-state index in [4.69, 9.17) is 0 Å². The summed E-state index contributed by atoms with van der Waals surface area (Å²) in [7, 11) is 0. The summed E-state index contributed by atoms with van der Waals surface area (Å²) < 4.78 is 0. The predicted octanol–water partition coefficient (Wildman–Crippen LogP) is 1.59. The van der Waals surface area contributed by atoms with Gasteiger partial charge in [0.2, 0.25) is 0 Å². The van der Waals surface area contributed by atoms with Gasteiger partial charge in [0, 0.05) is 26.2 Å². The van der Waals surface area contributed by atoms with E-state index in [1.54, 1.807) is 11.0 Å². The molecule has 1 aliphatic heterocycles. The molecule has 1 fully saturated rings. The van der Waals surface area contributed by atoms with Gasteiger partial charge in [-0.05, 0) is 16.8 Å². The number of phenols is 1. The van der Waals surface area contributed by atoms with Crippen molar-refractivity contribution >= 4 is 16.7 Å². The Labute approximate surface area is 111 Å². The molecule has 4 heteroatoms. The lowest BCUT2D eigenvalue weighted by Crippen LogP contribution is -2.46. The summed E-state index contributed by atoms with van der Waals surface area (Å²) in [5.41, 5.74) is 0.417. The lowest BCUT2D eigenvalue weighted by molar-refractivity contribution is 0.0735. The fourth-order valence-electron chi connectivity index (χ4n) is 2.51. The van der Waals surface area contributed by atoms with E-state index in [9.17, 15) is 9.90 Å². The van der Waals surface area contributed by atoms with Gasteiger partial charge in [-0.3, -0.25) is 4.79 Å². The predicted molar refractivity (Wildman–Crippen MR) is 74.4 cm³/mol. The van der Waals surface area contributed by atoms with E-state index in [-0.39, 0.29) is 11.7 Å². The van der Waals surface area contributed by atoms with Crippen LogP contribution in [0.2, 0.25) is 0 Å². The third-order valence-electron chi connectivity index (χ3n) is 3.53. The summed E-state index contributed by atoms with van der Waals surface area (Å²) in [5.74, 6) is -0.0296. The summed E-state index contributed by atoms with van der Waals surface area (Å²) in [6, 6.07) is 11.1. The van der Waals surface area contributed by atoms with Crippen molar-refractivity contribution in [2.24, 2.45) is 0 Å². The van der Waals surface area contributed by atoms with Crippen molar-refractivity contribution in [1.29, 1.82) is 0 Å². The molecule has 1 heterocycles. The Bertz CT molecular complexity index is 619. The Morgan fingerprint density at radius 2 is 1.84 bits per heavy atom. The summed E-state index contributed by atoms with van der Waals surface area (Å²) in [5, 5.41) is 15.0. The molecule has 2 aromatic rings. The molecule has 19 heavy (non-hydrogen) atoms. The van der Waals surface area contributed by atoms with Gasteiger partial charge in [-0.25, -0.2) is 0 Å². The molecule has 1 saturated heterocycles. The van der Waals surface area contributed by atoms with E-state index < -0.39 is 0 Å². The number of phenolic OH excluding ortho intramolecular Hbond substituents is 1. The molecule has 0 aromatic heterocycles. The minimum atomic E-state index is -0.0872. The normalized spacial score (nSPS) is 15.7. The molecular weight excluding hydrogens is 240 g/mol. The fourth-order valence-corrected chi connectivity index (χ4v) is 2.51. The van der Waals surface area contributed by atoms with Crippen molar-refractivity contribution in [1.82, 2.24) is 10.2 Å². The molecule has 3 rings (SSSR count). The number of hydrogen-bond acceptors (Lipinski definition) is 3. The first-order valence-electron chi connectivity index (χ1n) is 6.48. The number of benzene rings is 2. The number of rotatable bonds is 1. The highest BCUT2D eigenvalue weighted by Gasteiger charge is 2.22. The standard InChI is InChI=1S/C15H16N2O2/c18-13-6-5-11-3-1-2-4-12(11)14(13)15(19)17-9-7-16-8-10-17/h1-6,16,18H,7-10H2. The monoisotopic (exact) mass is 256 g/mol. The minimum absolute atomic E-state index is 0.0576. The number of nitrogens with one attached hydrogen (secondary N) is 1. The molecule has 0 radical (unpaired) electrons. The van der Waals surface area contributed by atoms with Crippen LogP contribution in [0.25, 0.3) is 10.8 Å². The topological polar surface area (TPSA) is 52.6 Å². The Morgan fingerprint density at radius 1 is 1.11 bits per heavy atom. The molecule has 0 saturated carbocycles. The average Bonchev–Trinajstić information content (AvgIpc) is 2.47. The quantitative estimate of drug-likeness (QED) is 0.814. The van der Waals surface area contributed by atoms with Crippen molar-refractivity contribution in [2.45, 2.75) is 0 Å². The van der Waals surface area contributed by atoms with Gasteiger partial charge in [0.15, 0.2) is 0 Å². The van der Waals surface area contributed by atoms with E-state index in [1.165, 1.54) is 0 Å². The highest BCUT2D eigenvalue weighted by Crippen LogP contribution is 2.28. The summed E-state index contributed by atoms with van der Waals surface area (Å²) >= 11 is 0. The van der Waals surface area contributed by atoms with E-state index in [2.05, 4.69) is 5.32 Å². The lowest BCUT2D eigenvalue weighted by Gasteiger charge is -2.28. The van der Waals surface area contributed by atoms with Crippen molar-refractivity contribution in [3.05, 3.63) is 42.0 Å². The van der Waals surface area contributed by atoms with Crippen LogP contribution in [0, 0.1) is 0 Å². The number of carbonyl (C=O) groups excluding carboxylic acids is 1. The zero-order valence-corrected chi connectivity index (χ0v) is 10.6. The maximum atomic E-state index is 12.6. The molecule has 4 nitrogen and oxygen atoms in total. The summed E-state index contributed by atoms with van der Waals surface area (Å²) in [4.78, 5) is 14.4. The number of carbonyl (C=O) groups is 1. The maximum Gasteiger partial charge on any atom is 0.258 e. The van der Waals surface area contributed by atoms with Gasteiger partial charge < -0.3 is 15.3 Å². The van der Waals surface area contributed by atoms with Crippen molar-refractivity contribution in [2.75, 3.05) is 26.2 Å². The zero-order valence-electron chi connectivity index (χ0n) is 10.6. The highest BCUT2D eigenvalue weighted by atomic mass is 16.3. The Balaban J connectivity index is 2.08. The molecule has 98 valence electrons. The number of fused-ring (bicyclic) bond motifs is 1. The van der Waals surface area contributed by atoms with Gasteiger partial charge in [0.25, 0.3) is 5.91 Å². The van der Waals surface area contributed by atoms with E-state index in [1.807, 2.05) is 30.3 Å². The van der Waals surface area contributed by atoms with Crippen LogP contribution in [0.1, 0.15) is 10.4 Å². The number of aromatic hydroxyl groups is 1. The minimum Gasteiger partial charge on any atom is -0.507 e. The summed E-state index contributed by atoms with van der Waals surface area (Å²) in [6.07, 6.45) is 0. The first-order chi connectivity index (χ1) is 9.27. The Kier molecular flexibility index (Phi) is 3.09. The van der Waals surface area contributed by atoms with Crippen LogP contribution in [-0.2, 0) is 0 Å². The van der Waals surface area contributed by atoms with Crippen LogP contribution in [0.5, 0.6) is 5.75 Å². The smallest absolute Gasteiger partial charge is 0.258 e. The molecule has 2 N–H and O–H groups in total. The van der Waals surface area contributed by atoms with E-state index in [0.717, 1.165) is 23.9 Å². The SMILES string of the molecule is O=C(c1c(O)ccc2ccccc12)N1CCNCC1. The average molecular weight is 256 g/mol. The molecule has 0 spiro atoms. The molecule has 1 aliphatic rings. The molecular formula is C15H16N2O2. The van der Waals surface area contributed by atoms with E-state index in [0.29, 0.717) is 18.7 Å². The number of amides is 1. The number of hydrogen-bond donors (Lipinski definition) is 2. The van der Waals surface area contributed by atoms with Crippen LogP contribution in [0.15, 0.2) is 36.4 Å². The number of nitrogens with zero attached hydrogens (tertiary/aromatic N) is 1. The van der Waals surface area contributed by atoms with Gasteiger partial charge in [-0.15, -0.1) is 0 Å². The van der Waals surface area contributed by atoms with Gasteiger partial charge in [0.05, 0.1) is 5.56 Å². The second-order valence-electron chi connectivity index (χ2n) is 4.72. The third kappa shape index (κ3) is 2.15. The molecule has 2 aromatic carbocycles. The zero-order chi connectivity index (χ0) is 13.2. The Hall–Kier alpha value is -2.07. The second kappa shape index (κ2) is 4.90. The molecule has 0 unspecified atom stereocenters. The number of piperazine rings is 1. The van der Waals surface area contributed by atoms with Gasteiger partial charge in [-0.1, -0.05) is 30.3 Å². The maximum absolute atomic E-state index is 12.6. The first kappa shape index (κ1) is 12.0. The van der Waals surface area contributed by atoms with Crippen molar-refractivity contribution < 1.29 is 9.90 Å². The largest absolute Gasteiger partial charge is 0.507 e.